The fourth-order valence-corrected chi connectivity index (χ4v) is 4.19. The predicted octanol–water partition coefficient (Wildman–Crippen LogP) is 4.32. The highest BCUT2D eigenvalue weighted by atomic mass is 32.2. The first-order valence-corrected chi connectivity index (χ1v) is 11.2. The second-order valence-corrected chi connectivity index (χ2v) is 8.59. The van der Waals surface area contributed by atoms with E-state index >= 15 is 0 Å². The standard InChI is InChI=1S/C22H30N4O2S/c1-4-13-26-20(14-28-19-11-9-17(10-12-19)16(2)3)24-25-22(26)29-15-21(27)23-18-7-5-6-8-18/h4,9-12,16,18H,1,5-8,13-15H2,2-3H3,(H,23,27). The molecule has 156 valence electrons. The summed E-state index contributed by atoms with van der Waals surface area (Å²) >= 11 is 1.40. The van der Waals surface area contributed by atoms with E-state index in [1.807, 2.05) is 16.7 Å². The van der Waals surface area contributed by atoms with Gasteiger partial charge in [0.1, 0.15) is 12.4 Å². The Hall–Kier alpha value is -2.28. The first-order chi connectivity index (χ1) is 14.1. The molecule has 2 aromatic rings. The number of hydrogen-bond acceptors (Lipinski definition) is 5. The molecule has 1 N–H and O–H groups in total. The molecule has 6 nitrogen and oxygen atoms in total. The monoisotopic (exact) mass is 414 g/mol. The molecule has 29 heavy (non-hydrogen) atoms. The number of benzene rings is 1. The van der Waals surface area contributed by atoms with Gasteiger partial charge in [0.2, 0.25) is 5.91 Å². The summed E-state index contributed by atoms with van der Waals surface area (Å²) in [5.41, 5.74) is 1.28. The maximum atomic E-state index is 12.2. The third kappa shape index (κ3) is 6.10. The molecule has 0 bridgehead atoms. The van der Waals surface area contributed by atoms with Gasteiger partial charge in [0, 0.05) is 12.6 Å². The van der Waals surface area contributed by atoms with E-state index in [1.165, 1.54) is 30.2 Å². The molecule has 1 aliphatic rings. The summed E-state index contributed by atoms with van der Waals surface area (Å²) in [6, 6.07) is 8.46. The Morgan fingerprint density at radius 3 is 2.69 bits per heavy atom. The highest BCUT2D eigenvalue weighted by molar-refractivity contribution is 7.99. The molecule has 1 aromatic heterocycles. The average Bonchev–Trinajstić information content (AvgIpc) is 3.35. The van der Waals surface area contributed by atoms with Crippen LogP contribution < -0.4 is 10.1 Å². The maximum Gasteiger partial charge on any atom is 0.230 e. The molecule has 1 fully saturated rings. The number of carbonyl (C=O) groups excluding carboxylic acids is 1. The lowest BCUT2D eigenvalue weighted by atomic mass is 10.0. The number of hydrogen-bond donors (Lipinski definition) is 1. The fraction of sp³-hybridized carbons (Fsp3) is 0.500. The van der Waals surface area contributed by atoms with E-state index < -0.39 is 0 Å². The van der Waals surface area contributed by atoms with Crippen LogP contribution in [0, 0.1) is 0 Å². The predicted molar refractivity (Wildman–Crippen MR) is 116 cm³/mol. The number of rotatable bonds is 10. The topological polar surface area (TPSA) is 69.0 Å². The third-order valence-corrected chi connectivity index (χ3v) is 6.04. The van der Waals surface area contributed by atoms with Crippen molar-refractivity contribution in [3.63, 3.8) is 0 Å². The fourth-order valence-electron chi connectivity index (χ4n) is 3.41. The largest absolute Gasteiger partial charge is 0.486 e. The van der Waals surface area contributed by atoms with E-state index in [1.54, 1.807) is 6.08 Å². The van der Waals surface area contributed by atoms with Crippen LogP contribution in [0.25, 0.3) is 0 Å². The Labute approximate surface area is 177 Å². The molecule has 0 saturated heterocycles. The van der Waals surface area contributed by atoms with Crippen molar-refractivity contribution < 1.29 is 9.53 Å². The number of carbonyl (C=O) groups is 1. The van der Waals surface area contributed by atoms with Crippen LogP contribution in [0.5, 0.6) is 5.75 Å². The number of amides is 1. The molecule has 1 aromatic carbocycles. The minimum atomic E-state index is 0.0538. The van der Waals surface area contributed by atoms with Crippen LogP contribution in [0.3, 0.4) is 0 Å². The van der Waals surface area contributed by atoms with Gasteiger partial charge in [-0.25, -0.2) is 0 Å². The van der Waals surface area contributed by atoms with Crippen molar-refractivity contribution in [1.29, 1.82) is 0 Å². The van der Waals surface area contributed by atoms with Crippen LogP contribution in [0.4, 0.5) is 0 Å². The Kier molecular flexibility index (Phi) is 7.75. The van der Waals surface area contributed by atoms with Gasteiger partial charge >= 0.3 is 0 Å². The van der Waals surface area contributed by atoms with E-state index in [0.717, 1.165) is 24.4 Å². The molecule has 7 heteroatoms. The Balaban J connectivity index is 1.57. The van der Waals surface area contributed by atoms with Crippen molar-refractivity contribution in [1.82, 2.24) is 20.1 Å². The summed E-state index contributed by atoms with van der Waals surface area (Å²) in [4.78, 5) is 12.2. The summed E-state index contributed by atoms with van der Waals surface area (Å²) in [5, 5.41) is 12.3. The summed E-state index contributed by atoms with van der Waals surface area (Å²) in [5.74, 6) is 2.40. The Bertz CT molecular complexity index is 811. The van der Waals surface area contributed by atoms with Crippen molar-refractivity contribution >= 4 is 17.7 Å². The van der Waals surface area contributed by atoms with Gasteiger partial charge in [-0.1, -0.05) is 56.7 Å². The lowest BCUT2D eigenvalue weighted by molar-refractivity contribution is -0.119. The van der Waals surface area contributed by atoms with Crippen LogP contribution in [-0.2, 0) is 17.9 Å². The van der Waals surface area contributed by atoms with Gasteiger partial charge in [0.25, 0.3) is 0 Å². The van der Waals surface area contributed by atoms with Crippen molar-refractivity contribution in [2.45, 2.75) is 69.8 Å². The third-order valence-electron chi connectivity index (χ3n) is 5.07. The summed E-state index contributed by atoms with van der Waals surface area (Å²) < 4.78 is 7.84. The van der Waals surface area contributed by atoms with Crippen molar-refractivity contribution in [2.24, 2.45) is 0 Å². The van der Waals surface area contributed by atoms with Crippen LogP contribution in [0.2, 0.25) is 0 Å². The Morgan fingerprint density at radius 1 is 1.31 bits per heavy atom. The second-order valence-electron chi connectivity index (χ2n) is 7.65. The molecular weight excluding hydrogens is 384 g/mol. The Morgan fingerprint density at radius 2 is 2.03 bits per heavy atom. The minimum Gasteiger partial charge on any atom is -0.486 e. The number of aromatic nitrogens is 3. The molecule has 0 unspecified atom stereocenters. The van der Waals surface area contributed by atoms with Crippen molar-refractivity contribution in [3.8, 4) is 5.75 Å². The van der Waals surface area contributed by atoms with Crippen molar-refractivity contribution in [3.05, 3.63) is 48.3 Å². The minimum absolute atomic E-state index is 0.0538. The molecule has 3 rings (SSSR count). The van der Waals surface area contributed by atoms with Crippen molar-refractivity contribution in [2.75, 3.05) is 5.75 Å². The molecule has 1 saturated carbocycles. The van der Waals surface area contributed by atoms with Gasteiger partial charge in [-0.15, -0.1) is 16.8 Å². The van der Waals surface area contributed by atoms with Gasteiger partial charge < -0.3 is 10.1 Å². The lowest BCUT2D eigenvalue weighted by Gasteiger charge is -2.12. The zero-order chi connectivity index (χ0) is 20.6. The van der Waals surface area contributed by atoms with Gasteiger partial charge in [-0.05, 0) is 36.5 Å². The van der Waals surface area contributed by atoms with Crippen LogP contribution >= 0.6 is 11.8 Å². The highest BCUT2D eigenvalue weighted by Crippen LogP contribution is 2.22. The van der Waals surface area contributed by atoms with Gasteiger partial charge in [0.05, 0.1) is 5.75 Å². The smallest absolute Gasteiger partial charge is 0.230 e. The normalized spacial score (nSPS) is 14.3. The lowest BCUT2D eigenvalue weighted by Crippen LogP contribution is -2.33. The number of nitrogens with one attached hydrogen (secondary N) is 1. The highest BCUT2D eigenvalue weighted by Gasteiger charge is 2.18. The summed E-state index contributed by atoms with van der Waals surface area (Å²) in [6.07, 6.45) is 6.38. The van der Waals surface area contributed by atoms with Crippen LogP contribution in [0.1, 0.15) is 56.8 Å². The molecule has 0 radical (unpaired) electrons. The van der Waals surface area contributed by atoms with Crippen LogP contribution in [-0.4, -0.2) is 32.5 Å². The first kappa shape index (κ1) is 21.4. The molecule has 0 spiro atoms. The molecule has 0 aliphatic heterocycles. The van der Waals surface area contributed by atoms with Gasteiger partial charge in [0.15, 0.2) is 11.0 Å². The number of ether oxygens (including phenoxy) is 1. The maximum absolute atomic E-state index is 12.2. The summed E-state index contributed by atoms with van der Waals surface area (Å²) in [6.45, 7) is 9.05. The number of allylic oxidation sites excluding steroid dienone is 1. The summed E-state index contributed by atoms with van der Waals surface area (Å²) in [7, 11) is 0. The van der Waals surface area contributed by atoms with E-state index in [4.69, 9.17) is 4.74 Å². The van der Waals surface area contributed by atoms with E-state index in [2.05, 4.69) is 48.1 Å². The molecule has 1 heterocycles. The molecule has 0 atom stereocenters. The van der Waals surface area contributed by atoms with Crippen LogP contribution in [0.15, 0.2) is 42.1 Å². The quantitative estimate of drug-likeness (QED) is 0.463. The molecule has 1 amide bonds. The molecule has 1 aliphatic carbocycles. The zero-order valence-electron chi connectivity index (χ0n) is 17.3. The van der Waals surface area contributed by atoms with E-state index in [0.29, 0.717) is 36.0 Å². The van der Waals surface area contributed by atoms with Gasteiger partial charge in [-0.2, -0.15) is 0 Å². The second kappa shape index (κ2) is 10.5. The number of thioether (sulfide) groups is 1. The average molecular weight is 415 g/mol. The SMILES string of the molecule is C=CCn1c(COc2ccc(C(C)C)cc2)nnc1SCC(=O)NC1CCCC1. The first-order valence-electron chi connectivity index (χ1n) is 10.2. The van der Waals surface area contributed by atoms with E-state index in [9.17, 15) is 4.79 Å². The van der Waals surface area contributed by atoms with E-state index in [-0.39, 0.29) is 5.91 Å². The molecular formula is C22H30N4O2S. The zero-order valence-corrected chi connectivity index (χ0v) is 18.1. The van der Waals surface area contributed by atoms with Gasteiger partial charge in [-0.3, -0.25) is 9.36 Å². The number of nitrogens with zero attached hydrogens (tertiary/aromatic N) is 3.